The SMILES string of the molecule is COc1cccc(C(=O)S)c1OP(=O)(O)O. The van der Waals surface area contributed by atoms with Crippen molar-refractivity contribution >= 4 is 25.6 Å². The Morgan fingerprint density at radius 1 is 1.44 bits per heavy atom. The molecule has 0 aliphatic heterocycles. The first kappa shape index (κ1) is 13.1. The summed E-state index contributed by atoms with van der Waals surface area (Å²) in [4.78, 5) is 28.5. The van der Waals surface area contributed by atoms with Crippen molar-refractivity contribution in [2.45, 2.75) is 0 Å². The van der Waals surface area contributed by atoms with Gasteiger partial charge in [-0.15, -0.1) is 12.6 Å². The van der Waals surface area contributed by atoms with Gasteiger partial charge in [0.1, 0.15) is 0 Å². The van der Waals surface area contributed by atoms with Crippen molar-refractivity contribution < 1.29 is 28.4 Å². The second-order valence-corrected chi connectivity index (χ2v) is 4.29. The second-order valence-electron chi connectivity index (χ2n) is 2.72. The van der Waals surface area contributed by atoms with Crippen LogP contribution in [0.15, 0.2) is 18.2 Å². The lowest BCUT2D eigenvalue weighted by molar-refractivity contribution is 0.108. The van der Waals surface area contributed by atoms with Crippen LogP contribution in [0.5, 0.6) is 11.5 Å². The highest BCUT2D eigenvalue weighted by Gasteiger charge is 2.23. The summed E-state index contributed by atoms with van der Waals surface area (Å²) in [5.41, 5.74) is -0.0778. The smallest absolute Gasteiger partial charge is 0.493 e. The minimum Gasteiger partial charge on any atom is -0.493 e. The van der Waals surface area contributed by atoms with Crippen LogP contribution < -0.4 is 9.26 Å². The van der Waals surface area contributed by atoms with Crippen LogP contribution in [-0.4, -0.2) is 22.0 Å². The number of benzene rings is 1. The zero-order chi connectivity index (χ0) is 12.3. The molecule has 0 unspecified atom stereocenters. The predicted molar refractivity (Wildman–Crippen MR) is 59.0 cm³/mol. The summed E-state index contributed by atoms with van der Waals surface area (Å²) >= 11 is 3.57. The summed E-state index contributed by atoms with van der Waals surface area (Å²) in [6, 6.07) is 4.21. The standard InChI is InChI=1S/C8H9O6PS/c1-13-6-4-2-3-5(8(9)16)7(6)14-15(10,11)12/h2-4H,1H3,(H,9,16)(H2,10,11,12). The molecule has 2 N–H and O–H groups in total. The van der Waals surface area contributed by atoms with Gasteiger partial charge in [0.2, 0.25) is 5.12 Å². The Hall–Kier alpha value is -1.01. The van der Waals surface area contributed by atoms with E-state index in [1.807, 2.05) is 0 Å². The van der Waals surface area contributed by atoms with E-state index in [4.69, 9.17) is 14.5 Å². The number of methoxy groups -OCH3 is 1. The lowest BCUT2D eigenvalue weighted by Gasteiger charge is -2.13. The molecular formula is C8H9O6PS. The number of hydrogen-bond acceptors (Lipinski definition) is 4. The van der Waals surface area contributed by atoms with Gasteiger partial charge in [-0.2, -0.15) is 0 Å². The second kappa shape index (κ2) is 4.88. The summed E-state index contributed by atoms with van der Waals surface area (Å²) in [5, 5.41) is -0.678. The lowest BCUT2D eigenvalue weighted by Crippen LogP contribution is -2.00. The lowest BCUT2D eigenvalue weighted by atomic mass is 10.2. The molecule has 1 aromatic carbocycles. The van der Waals surface area contributed by atoms with E-state index < -0.39 is 12.9 Å². The Kier molecular flexibility index (Phi) is 3.98. The molecule has 0 aliphatic carbocycles. The molecule has 0 aromatic heterocycles. The summed E-state index contributed by atoms with van der Waals surface area (Å²) in [5.74, 6) is -0.276. The fraction of sp³-hybridized carbons (Fsp3) is 0.125. The minimum absolute atomic E-state index is 0.0447. The zero-order valence-corrected chi connectivity index (χ0v) is 9.94. The van der Waals surface area contributed by atoms with Crippen molar-refractivity contribution in [3.05, 3.63) is 23.8 Å². The molecule has 6 nitrogen and oxygen atoms in total. The van der Waals surface area contributed by atoms with Gasteiger partial charge in [-0.3, -0.25) is 14.6 Å². The summed E-state index contributed by atoms with van der Waals surface area (Å²) in [7, 11) is -3.47. The first-order chi connectivity index (χ1) is 7.35. The molecule has 1 aromatic rings. The van der Waals surface area contributed by atoms with E-state index in [1.165, 1.54) is 25.3 Å². The van der Waals surface area contributed by atoms with Crippen LogP contribution in [0.1, 0.15) is 10.4 Å². The van der Waals surface area contributed by atoms with E-state index in [-0.39, 0.29) is 17.1 Å². The molecule has 0 atom stereocenters. The van der Waals surface area contributed by atoms with Crippen molar-refractivity contribution in [2.24, 2.45) is 0 Å². The van der Waals surface area contributed by atoms with Gasteiger partial charge in [0.25, 0.3) is 0 Å². The van der Waals surface area contributed by atoms with Crippen LogP contribution in [0.4, 0.5) is 0 Å². The van der Waals surface area contributed by atoms with E-state index >= 15 is 0 Å². The van der Waals surface area contributed by atoms with Crippen LogP contribution in [0.3, 0.4) is 0 Å². The molecular weight excluding hydrogens is 255 g/mol. The molecule has 0 spiro atoms. The Balaban J connectivity index is 3.30. The van der Waals surface area contributed by atoms with Gasteiger partial charge in [0, 0.05) is 0 Å². The maximum absolute atomic E-state index is 11.1. The molecule has 0 amide bonds. The third-order valence-electron chi connectivity index (χ3n) is 1.64. The number of rotatable bonds is 4. The van der Waals surface area contributed by atoms with Crippen LogP contribution in [-0.2, 0) is 4.57 Å². The van der Waals surface area contributed by atoms with E-state index in [9.17, 15) is 9.36 Å². The summed E-state index contributed by atoms with van der Waals surface area (Å²) < 4.78 is 19.9. The minimum atomic E-state index is -4.76. The molecule has 0 aliphatic rings. The number of ether oxygens (including phenoxy) is 1. The molecule has 0 saturated heterocycles. The maximum atomic E-state index is 11.1. The summed E-state index contributed by atoms with van der Waals surface area (Å²) in [6.45, 7) is 0. The largest absolute Gasteiger partial charge is 0.524 e. The Labute approximate surface area is 96.8 Å². The van der Waals surface area contributed by atoms with E-state index in [1.54, 1.807) is 0 Å². The monoisotopic (exact) mass is 264 g/mol. The number of phosphoric ester groups is 1. The number of carbonyl (C=O) groups is 1. The molecule has 1 rings (SSSR count). The molecule has 8 heteroatoms. The number of carbonyl (C=O) groups excluding carboxylic acids is 1. The maximum Gasteiger partial charge on any atom is 0.524 e. The van der Waals surface area contributed by atoms with Gasteiger partial charge in [0.05, 0.1) is 12.7 Å². The van der Waals surface area contributed by atoms with Crippen LogP contribution >= 0.6 is 20.5 Å². The average molecular weight is 264 g/mol. The van der Waals surface area contributed by atoms with Crippen molar-refractivity contribution in [1.82, 2.24) is 0 Å². The Bertz CT molecular complexity index is 454. The predicted octanol–water partition coefficient (Wildman–Crippen LogP) is 1.24. The molecule has 0 saturated carbocycles. The van der Waals surface area contributed by atoms with Crippen LogP contribution in [0, 0.1) is 0 Å². The first-order valence-corrected chi connectivity index (χ1v) is 5.98. The number of para-hydroxylation sites is 1. The van der Waals surface area contributed by atoms with E-state index in [0.717, 1.165) is 0 Å². The van der Waals surface area contributed by atoms with Gasteiger partial charge in [-0.1, -0.05) is 6.07 Å². The Morgan fingerprint density at radius 3 is 2.50 bits per heavy atom. The normalized spacial score (nSPS) is 11.0. The highest BCUT2D eigenvalue weighted by molar-refractivity contribution is 7.97. The number of hydrogen-bond donors (Lipinski definition) is 3. The van der Waals surface area contributed by atoms with Gasteiger partial charge >= 0.3 is 7.82 Å². The van der Waals surface area contributed by atoms with Gasteiger partial charge in [-0.05, 0) is 12.1 Å². The topological polar surface area (TPSA) is 93.1 Å². The fourth-order valence-electron chi connectivity index (χ4n) is 1.06. The van der Waals surface area contributed by atoms with Crippen molar-refractivity contribution in [2.75, 3.05) is 7.11 Å². The number of phosphoric acid groups is 1. The highest BCUT2D eigenvalue weighted by Crippen LogP contribution is 2.44. The fourth-order valence-corrected chi connectivity index (χ4v) is 1.66. The van der Waals surface area contributed by atoms with E-state index in [2.05, 4.69) is 17.2 Å². The Morgan fingerprint density at radius 2 is 2.06 bits per heavy atom. The first-order valence-electron chi connectivity index (χ1n) is 4.00. The third kappa shape index (κ3) is 3.24. The molecule has 88 valence electrons. The summed E-state index contributed by atoms with van der Waals surface area (Å²) in [6.07, 6.45) is 0. The quantitative estimate of drug-likeness (QED) is 0.559. The number of thiol groups is 1. The highest BCUT2D eigenvalue weighted by atomic mass is 32.1. The van der Waals surface area contributed by atoms with Crippen molar-refractivity contribution in [1.29, 1.82) is 0 Å². The van der Waals surface area contributed by atoms with Gasteiger partial charge < -0.3 is 9.26 Å². The molecule has 0 heterocycles. The average Bonchev–Trinajstić information content (AvgIpc) is 2.15. The van der Waals surface area contributed by atoms with Crippen LogP contribution in [0.2, 0.25) is 0 Å². The van der Waals surface area contributed by atoms with Gasteiger partial charge in [-0.25, -0.2) is 4.57 Å². The molecule has 0 bridgehead atoms. The molecule has 0 fully saturated rings. The molecule has 0 radical (unpaired) electrons. The van der Waals surface area contributed by atoms with Crippen molar-refractivity contribution in [3.8, 4) is 11.5 Å². The third-order valence-corrected chi connectivity index (χ3v) is 2.30. The van der Waals surface area contributed by atoms with Crippen LogP contribution in [0.25, 0.3) is 0 Å². The van der Waals surface area contributed by atoms with E-state index in [0.29, 0.717) is 0 Å². The van der Waals surface area contributed by atoms with Crippen molar-refractivity contribution in [3.63, 3.8) is 0 Å². The van der Waals surface area contributed by atoms with Gasteiger partial charge in [0.15, 0.2) is 11.5 Å². The molecule has 16 heavy (non-hydrogen) atoms. The zero-order valence-electron chi connectivity index (χ0n) is 8.15.